The van der Waals surface area contributed by atoms with Crippen LogP contribution in [0.4, 0.5) is 5.69 Å². The molecule has 1 saturated carbocycles. The summed E-state index contributed by atoms with van der Waals surface area (Å²) >= 11 is 0. The van der Waals surface area contributed by atoms with E-state index in [1.54, 1.807) is 0 Å². The Bertz CT molecular complexity index is 509. The molecule has 0 bridgehead atoms. The van der Waals surface area contributed by atoms with Gasteiger partial charge in [0.25, 0.3) is 0 Å². The summed E-state index contributed by atoms with van der Waals surface area (Å²) in [7, 11) is 0. The number of aromatic amines is 1. The summed E-state index contributed by atoms with van der Waals surface area (Å²) in [6, 6.07) is 6.31. The van der Waals surface area contributed by atoms with Gasteiger partial charge in [0, 0.05) is 11.9 Å². The highest BCUT2D eigenvalue weighted by Crippen LogP contribution is 2.29. The lowest BCUT2D eigenvalue weighted by Gasteiger charge is -2.26. The van der Waals surface area contributed by atoms with Gasteiger partial charge in [0.05, 0.1) is 17.4 Å². The summed E-state index contributed by atoms with van der Waals surface area (Å²) in [6.45, 7) is 3.46. The predicted molar refractivity (Wildman–Crippen MR) is 75.7 cm³/mol. The molecular formula is C15H21N3. The number of hydrogen-bond acceptors (Lipinski definition) is 2. The zero-order chi connectivity index (χ0) is 12.4. The van der Waals surface area contributed by atoms with Crippen LogP contribution < -0.4 is 5.32 Å². The first-order valence-electron chi connectivity index (χ1n) is 6.99. The number of aromatic nitrogens is 2. The summed E-state index contributed by atoms with van der Waals surface area (Å²) in [6.07, 6.45) is 7.39. The molecule has 18 heavy (non-hydrogen) atoms. The van der Waals surface area contributed by atoms with Crippen molar-refractivity contribution in [2.45, 2.75) is 32.6 Å². The first kappa shape index (κ1) is 11.6. The minimum Gasteiger partial charge on any atom is -0.383 e. The Labute approximate surface area is 108 Å². The molecule has 0 saturated heterocycles. The predicted octanol–water partition coefficient (Wildman–Crippen LogP) is 3.80. The topological polar surface area (TPSA) is 40.7 Å². The third-order valence-electron chi connectivity index (χ3n) is 4.19. The number of para-hydroxylation sites is 1. The molecule has 0 atom stereocenters. The molecular weight excluding hydrogens is 222 g/mol. The van der Waals surface area contributed by atoms with Gasteiger partial charge in [0.2, 0.25) is 0 Å². The van der Waals surface area contributed by atoms with Crippen LogP contribution in [0.15, 0.2) is 24.4 Å². The standard InChI is InChI=1S/C15H21N3/c1-11-5-7-12(8-6-11)9-16-14-4-2-3-13-10-17-18-15(13)14/h2-4,10-12,16H,5-9H2,1H3,(H,17,18). The molecule has 96 valence electrons. The Hall–Kier alpha value is -1.51. The van der Waals surface area contributed by atoms with Crippen LogP contribution in [0.2, 0.25) is 0 Å². The fourth-order valence-electron chi connectivity index (χ4n) is 2.90. The van der Waals surface area contributed by atoms with Crippen molar-refractivity contribution in [3.05, 3.63) is 24.4 Å². The van der Waals surface area contributed by atoms with E-state index in [9.17, 15) is 0 Å². The number of nitrogens with one attached hydrogen (secondary N) is 2. The number of fused-ring (bicyclic) bond motifs is 1. The summed E-state index contributed by atoms with van der Waals surface area (Å²) in [5.41, 5.74) is 2.31. The van der Waals surface area contributed by atoms with E-state index in [0.717, 1.165) is 23.9 Å². The second kappa shape index (κ2) is 5.01. The average molecular weight is 243 g/mol. The summed E-state index contributed by atoms with van der Waals surface area (Å²) < 4.78 is 0. The molecule has 0 unspecified atom stereocenters. The minimum atomic E-state index is 0.833. The lowest BCUT2D eigenvalue weighted by Crippen LogP contribution is -2.20. The van der Waals surface area contributed by atoms with E-state index in [2.05, 4.69) is 40.6 Å². The first-order chi connectivity index (χ1) is 8.83. The molecule has 1 aromatic carbocycles. The molecule has 2 aromatic rings. The van der Waals surface area contributed by atoms with Gasteiger partial charge in [-0.3, -0.25) is 5.10 Å². The van der Waals surface area contributed by atoms with Gasteiger partial charge in [0.15, 0.2) is 0 Å². The normalized spacial score (nSPS) is 24.3. The van der Waals surface area contributed by atoms with Gasteiger partial charge >= 0.3 is 0 Å². The van der Waals surface area contributed by atoms with E-state index in [1.807, 2.05) is 6.20 Å². The molecule has 0 amide bonds. The largest absolute Gasteiger partial charge is 0.383 e. The molecule has 0 spiro atoms. The summed E-state index contributed by atoms with van der Waals surface area (Å²) in [5, 5.41) is 11.9. The molecule has 3 rings (SSSR count). The fourth-order valence-corrected chi connectivity index (χ4v) is 2.90. The van der Waals surface area contributed by atoms with Gasteiger partial charge in [-0.2, -0.15) is 5.10 Å². The van der Waals surface area contributed by atoms with Gasteiger partial charge in [-0.1, -0.05) is 31.9 Å². The number of benzene rings is 1. The summed E-state index contributed by atoms with van der Waals surface area (Å²) in [5.74, 6) is 1.76. The molecule has 1 aliphatic carbocycles. The quantitative estimate of drug-likeness (QED) is 0.860. The van der Waals surface area contributed by atoms with Gasteiger partial charge in [0.1, 0.15) is 0 Å². The van der Waals surface area contributed by atoms with Crippen LogP contribution in [-0.2, 0) is 0 Å². The van der Waals surface area contributed by atoms with Crippen molar-refractivity contribution in [1.29, 1.82) is 0 Å². The molecule has 1 aliphatic rings. The third-order valence-corrected chi connectivity index (χ3v) is 4.19. The second-order valence-electron chi connectivity index (χ2n) is 5.65. The molecule has 1 aromatic heterocycles. The smallest absolute Gasteiger partial charge is 0.0881 e. The van der Waals surface area contributed by atoms with Gasteiger partial charge < -0.3 is 5.32 Å². The van der Waals surface area contributed by atoms with E-state index >= 15 is 0 Å². The van der Waals surface area contributed by atoms with Crippen molar-refractivity contribution in [3.63, 3.8) is 0 Å². The third kappa shape index (κ3) is 2.35. The van der Waals surface area contributed by atoms with Crippen LogP contribution in [0.5, 0.6) is 0 Å². The molecule has 1 fully saturated rings. The maximum absolute atomic E-state index is 4.10. The maximum Gasteiger partial charge on any atom is 0.0881 e. The number of hydrogen-bond donors (Lipinski definition) is 2. The van der Waals surface area contributed by atoms with Crippen LogP contribution >= 0.6 is 0 Å². The Kier molecular flexibility index (Phi) is 3.22. The zero-order valence-corrected chi connectivity index (χ0v) is 10.9. The first-order valence-corrected chi connectivity index (χ1v) is 6.99. The van der Waals surface area contributed by atoms with Crippen LogP contribution in [0.1, 0.15) is 32.6 Å². The molecule has 2 N–H and O–H groups in total. The SMILES string of the molecule is CC1CCC(CNc2cccc3cn[nH]c23)CC1. The summed E-state index contributed by atoms with van der Waals surface area (Å²) in [4.78, 5) is 0. The number of anilines is 1. The Morgan fingerprint density at radius 3 is 2.94 bits per heavy atom. The molecule has 0 radical (unpaired) electrons. The van der Waals surface area contributed by atoms with Gasteiger partial charge in [-0.05, 0) is 30.7 Å². The lowest BCUT2D eigenvalue weighted by molar-refractivity contribution is 0.300. The van der Waals surface area contributed by atoms with Crippen LogP contribution in [0.3, 0.4) is 0 Å². The van der Waals surface area contributed by atoms with E-state index in [-0.39, 0.29) is 0 Å². The number of rotatable bonds is 3. The van der Waals surface area contributed by atoms with Crippen molar-refractivity contribution in [2.24, 2.45) is 11.8 Å². The van der Waals surface area contributed by atoms with Crippen molar-refractivity contribution in [3.8, 4) is 0 Å². The molecule has 0 aliphatic heterocycles. The van der Waals surface area contributed by atoms with E-state index in [4.69, 9.17) is 0 Å². The fraction of sp³-hybridized carbons (Fsp3) is 0.533. The van der Waals surface area contributed by atoms with Crippen molar-refractivity contribution in [2.75, 3.05) is 11.9 Å². The van der Waals surface area contributed by atoms with Crippen molar-refractivity contribution in [1.82, 2.24) is 10.2 Å². The van der Waals surface area contributed by atoms with E-state index in [0.29, 0.717) is 0 Å². The molecule has 3 heteroatoms. The highest BCUT2D eigenvalue weighted by atomic mass is 15.1. The number of nitrogens with zero attached hydrogens (tertiary/aromatic N) is 1. The van der Waals surface area contributed by atoms with Gasteiger partial charge in [-0.15, -0.1) is 0 Å². The van der Waals surface area contributed by atoms with Crippen molar-refractivity contribution >= 4 is 16.6 Å². The monoisotopic (exact) mass is 243 g/mol. The number of H-pyrrole nitrogens is 1. The highest BCUT2D eigenvalue weighted by molar-refractivity contribution is 5.89. The second-order valence-corrected chi connectivity index (χ2v) is 5.65. The molecule has 1 heterocycles. The zero-order valence-electron chi connectivity index (χ0n) is 10.9. The van der Waals surface area contributed by atoms with Gasteiger partial charge in [-0.25, -0.2) is 0 Å². The average Bonchev–Trinajstić information content (AvgIpc) is 2.87. The Morgan fingerprint density at radius 1 is 1.28 bits per heavy atom. The maximum atomic E-state index is 4.10. The van der Waals surface area contributed by atoms with Crippen LogP contribution in [-0.4, -0.2) is 16.7 Å². The van der Waals surface area contributed by atoms with Crippen LogP contribution in [0, 0.1) is 11.8 Å². The molecule has 3 nitrogen and oxygen atoms in total. The van der Waals surface area contributed by atoms with E-state index in [1.165, 1.54) is 36.8 Å². The van der Waals surface area contributed by atoms with Crippen LogP contribution in [0.25, 0.3) is 10.9 Å². The van der Waals surface area contributed by atoms with E-state index < -0.39 is 0 Å². The lowest BCUT2D eigenvalue weighted by atomic mass is 9.83. The Morgan fingerprint density at radius 2 is 2.11 bits per heavy atom. The Balaban J connectivity index is 1.64. The minimum absolute atomic E-state index is 0.833. The van der Waals surface area contributed by atoms with Crippen molar-refractivity contribution < 1.29 is 0 Å². The highest BCUT2D eigenvalue weighted by Gasteiger charge is 2.18.